The van der Waals surface area contributed by atoms with Gasteiger partial charge in [-0.25, -0.2) is 5.21 Å². The van der Waals surface area contributed by atoms with Crippen LogP contribution in [-0.4, -0.2) is 41.4 Å². The first-order valence-electron chi connectivity index (χ1n) is 6.69. The second kappa shape index (κ2) is 7.54. The monoisotopic (exact) mass is 452 g/mol. The third-order valence-electron chi connectivity index (χ3n) is 3.01. The summed E-state index contributed by atoms with van der Waals surface area (Å²) in [5.74, 6) is -17.0. The van der Waals surface area contributed by atoms with Crippen molar-refractivity contribution in [3.63, 3.8) is 0 Å². The van der Waals surface area contributed by atoms with Gasteiger partial charge in [0, 0.05) is 17.8 Å². The molecule has 2 unspecified atom stereocenters. The molecule has 0 aliphatic carbocycles. The second-order valence-corrected chi connectivity index (χ2v) is 5.12. The molecular formula is C12H7F11N2O4. The number of amides is 1. The number of quaternary nitrogens is 1. The van der Waals surface area contributed by atoms with Gasteiger partial charge in [0.05, 0.1) is 0 Å². The number of hydrogen-bond acceptors (Lipinski definition) is 4. The number of rotatable bonds is 6. The number of benzene rings is 1. The number of carbonyl (C=O) groups is 1. The lowest BCUT2D eigenvalue weighted by Gasteiger charge is -2.34. The molecule has 1 aromatic carbocycles. The Balaban J connectivity index is 3.32. The highest BCUT2D eigenvalue weighted by molar-refractivity contribution is 5.97. The van der Waals surface area contributed by atoms with Gasteiger partial charge in [0.2, 0.25) is 0 Å². The normalized spacial score (nSPS) is 16.9. The van der Waals surface area contributed by atoms with Gasteiger partial charge in [-0.15, -0.1) is 0 Å². The second-order valence-electron chi connectivity index (χ2n) is 5.12. The maximum absolute atomic E-state index is 14.0. The molecule has 2 atom stereocenters. The van der Waals surface area contributed by atoms with Crippen molar-refractivity contribution in [3.8, 4) is 0 Å². The molecule has 0 spiro atoms. The molecule has 17 heteroatoms. The number of ether oxygens (including phenoxy) is 1. The van der Waals surface area contributed by atoms with Crippen LogP contribution in [0.5, 0.6) is 0 Å². The predicted molar refractivity (Wildman–Crippen MR) is 67.8 cm³/mol. The molecule has 0 aliphatic rings. The number of hydrogen-bond donors (Lipinski definition) is 3. The first-order valence-corrected chi connectivity index (χ1v) is 6.69. The Labute approximate surface area is 152 Å². The van der Waals surface area contributed by atoms with Gasteiger partial charge in [0.1, 0.15) is 0 Å². The van der Waals surface area contributed by atoms with Crippen LogP contribution >= 0.6 is 0 Å². The lowest BCUT2D eigenvalue weighted by Crippen LogP contribution is -2.99. The third kappa shape index (κ3) is 4.85. The van der Waals surface area contributed by atoms with Gasteiger partial charge in [-0.3, -0.25) is 9.53 Å². The van der Waals surface area contributed by atoms with Crippen molar-refractivity contribution in [1.82, 2.24) is 0 Å². The molecule has 29 heavy (non-hydrogen) atoms. The molecule has 0 saturated heterocycles. The summed E-state index contributed by atoms with van der Waals surface area (Å²) in [6.07, 6.45) is -21.2. The van der Waals surface area contributed by atoms with Gasteiger partial charge in [0.25, 0.3) is 5.91 Å². The predicted octanol–water partition coefficient (Wildman–Crippen LogP) is 3.06. The van der Waals surface area contributed by atoms with Gasteiger partial charge in [-0.05, 0) is 6.07 Å². The molecule has 1 amide bonds. The fourth-order valence-electron chi connectivity index (χ4n) is 1.58. The van der Waals surface area contributed by atoms with E-state index in [2.05, 4.69) is 4.74 Å². The summed E-state index contributed by atoms with van der Waals surface area (Å²) in [5, 5.41) is 18.6. The first-order chi connectivity index (χ1) is 12.8. The Morgan fingerprint density at radius 1 is 0.966 bits per heavy atom. The summed E-state index contributed by atoms with van der Waals surface area (Å²) in [6.45, 7) is 0. The molecule has 0 bridgehead atoms. The van der Waals surface area contributed by atoms with Crippen molar-refractivity contribution in [2.24, 2.45) is 0 Å². The van der Waals surface area contributed by atoms with E-state index >= 15 is 0 Å². The van der Waals surface area contributed by atoms with Gasteiger partial charge in [-0.2, -0.15) is 53.5 Å². The van der Waals surface area contributed by atoms with Crippen LogP contribution in [-0.2, 0) is 9.53 Å². The highest BCUT2D eigenvalue weighted by atomic mass is 19.4. The summed E-state index contributed by atoms with van der Waals surface area (Å²) in [7, 11) is 0. The fraction of sp³-hybridized carbons (Fsp3) is 0.417. The number of carbonyl (C=O) groups excluding carboxylic acids is 1. The molecule has 0 radical (unpaired) electrons. The van der Waals surface area contributed by atoms with Gasteiger partial charge in [-0.1, -0.05) is 6.07 Å². The first kappa shape index (κ1) is 24.8. The van der Waals surface area contributed by atoms with Crippen molar-refractivity contribution < 1.29 is 68.3 Å². The molecule has 1 aromatic rings. The number of alkyl halides is 11. The molecule has 0 heterocycles. The van der Waals surface area contributed by atoms with E-state index in [1.807, 2.05) is 0 Å². The molecule has 0 fully saturated rings. The zero-order valence-electron chi connectivity index (χ0n) is 13.1. The molecule has 0 aromatic heterocycles. The maximum atomic E-state index is 14.0. The number of anilines is 1. The molecule has 0 saturated carbocycles. The zero-order valence-corrected chi connectivity index (χ0v) is 13.1. The molecule has 166 valence electrons. The molecular weight excluding hydrogens is 445 g/mol. The fourth-order valence-corrected chi connectivity index (χ4v) is 1.58. The Morgan fingerprint density at radius 3 is 1.90 bits per heavy atom. The summed E-state index contributed by atoms with van der Waals surface area (Å²) in [6, 6.07) is 2.65. The van der Waals surface area contributed by atoms with Gasteiger partial charge in [0.15, 0.2) is 5.69 Å². The SMILES string of the molecule is O=C(Nc1cccc([NH+]([O-])O)c1)C(F)(OC(F)(F)C(F)(F)C(F)(F)F)C(F)(F)F. The van der Waals surface area contributed by atoms with Crippen LogP contribution in [0.3, 0.4) is 0 Å². The molecule has 6 nitrogen and oxygen atoms in total. The molecule has 0 aliphatic heterocycles. The largest absolute Gasteiger partial charge is 0.595 e. The van der Waals surface area contributed by atoms with Gasteiger partial charge >= 0.3 is 30.2 Å². The number of nitrogens with one attached hydrogen (secondary N) is 2. The van der Waals surface area contributed by atoms with E-state index in [1.54, 1.807) is 0 Å². The zero-order chi connectivity index (χ0) is 23.1. The minimum absolute atomic E-state index is 0.402. The van der Waals surface area contributed by atoms with Crippen molar-refractivity contribution in [2.45, 2.75) is 30.2 Å². The van der Waals surface area contributed by atoms with E-state index in [9.17, 15) is 58.3 Å². The van der Waals surface area contributed by atoms with E-state index < -0.39 is 52.7 Å². The van der Waals surface area contributed by atoms with Crippen LogP contribution in [0, 0.1) is 5.21 Å². The van der Waals surface area contributed by atoms with Crippen molar-refractivity contribution in [1.29, 1.82) is 0 Å². The average molecular weight is 452 g/mol. The summed E-state index contributed by atoms with van der Waals surface area (Å²) >= 11 is 0. The lowest BCUT2D eigenvalue weighted by atomic mass is 10.2. The third-order valence-corrected chi connectivity index (χ3v) is 3.01. The van der Waals surface area contributed by atoms with E-state index in [4.69, 9.17) is 5.21 Å². The van der Waals surface area contributed by atoms with Crippen LogP contribution in [0.15, 0.2) is 24.3 Å². The van der Waals surface area contributed by atoms with Crippen LogP contribution < -0.4 is 10.5 Å². The van der Waals surface area contributed by atoms with E-state index in [-0.39, 0.29) is 0 Å². The number of halogens is 11. The quantitative estimate of drug-likeness (QED) is 0.458. The van der Waals surface area contributed by atoms with Crippen molar-refractivity contribution in [2.75, 3.05) is 5.32 Å². The van der Waals surface area contributed by atoms with E-state index in [0.29, 0.717) is 12.1 Å². The van der Waals surface area contributed by atoms with E-state index in [1.165, 1.54) is 0 Å². The highest BCUT2D eigenvalue weighted by Gasteiger charge is 2.79. The minimum atomic E-state index is -7.31. The van der Waals surface area contributed by atoms with Crippen molar-refractivity contribution >= 4 is 17.3 Å². The summed E-state index contributed by atoms with van der Waals surface area (Å²) in [4.78, 5) is 11.5. The molecule has 3 N–H and O–H groups in total. The standard InChI is InChI=1S/C12H7F11N2O4/c13-8(10(16,17)18,29-12(22,23)9(14,15)11(19,20)21)7(26)24-5-2-1-3-6(4-5)25(27)28/h1-4,25,27H,(H,24,26). The Bertz CT molecular complexity index is 750. The molecule has 1 rings (SSSR count). The topological polar surface area (TPSA) is 86.1 Å². The van der Waals surface area contributed by atoms with Gasteiger partial charge < -0.3 is 10.5 Å². The van der Waals surface area contributed by atoms with Crippen LogP contribution in [0.25, 0.3) is 0 Å². The average Bonchev–Trinajstić information content (AvgIpc) is 2.52. The van der Waals surface area contributed by atoms with Crippen LogP contribution in [0.1, 0.15) is 0 Å². The minimum Gasteiger partial charge on any atom is -0.595 e. The lowest BCUT2D eigenvalue weighted by molar-refractivity contribution is -0.991. The van der Waals surface area contributed by atoms with Crippen LogP contribution in [0.2, 0.25) is 0 Å². The summed E-state index contributed by atoms with van der Waals surface area (Å²) < 4.78 is 142. The Kier molecular flexibility index (Phi) is 6.45. The Morgan fingerprint density at radius 2 is 1.48 bits per heavy atom. The van der Waals surface area contributed by atoms with Crippen molar-refractivity contribution in [3.05, 3.63) is 29.5 Å². The summed E-state index contributed by atoms with van der Waals surface area (Å²) in [5.41, 5.74) is -1.66. The van der Waals surface area contributed by atoms with Crippen LogP contribution in [0.4, 0.5) is 59.7 Å². The maximum Gasteiger partial charge on any atom is 0.462 e. The highest BCUT2D eigenvalue weighted by Crippen LogP contribution is 2.51. The smallest absolute Gasteiger partial charge is 0.462 e. The Hall–Kier alpha value is -2.24. The van der Waals surface area contributed by atoms with E-state index in [0.717, 1.165) is 17.4 Å².